The Hall–Kier alpha value is -2.93. The monoisotopic (exact) mass is 439 g/mol. The first-order chi connectivity index (χ1) is 15.4. The number of ether oxygens (including phenoxy) is 2. The topological polar surface area (TPSA) is 61.4 Å². The predicted octanol–water partition coefficient (Wildman–Crippen LogP) is 3.02. The maximum Gasteiger partial charge on any atom is 0.191 e. The average molecular weight is 440 g/mol. The summed E-state index contributed by atoms with van der Waals surface area (Å²) in [6, 6.07) is 13.0. The van der Waals surface area contributed by atoms with Gasteiger partial charge in [0.25, 0.3) is 0 Å². The van der Waals surface area contributed by atoms with E-state index in [4.69, 9.17) is 9.47 Å². The molecule has 0 aliphatic carbocycles. The Morgan fingerprint density at radius 3 is 2.44 bits per heavy atom. The van der Waals surface area contributed by atoms with Crippen molar-refractivity contribution in [3.63, 3.8) is 0 Å². The van der Waals surface area contributed by atoms with Crippen molar-refractivity contribution in [2.75, 3.05) is 53.4 Å². The standard InChI is InChI=1S/C25H37N5O2/c1-18-11-22(29(3)4)8-7-20(18)15-27-25(26-2)28-21-9-10-30(17-21)16-19-12-23(31-5)14-24(13-19)32-6/h7-8,11-14,21H,9-10,15-17H2,1-6H3,(H2,26,27,28). The van der Waals surface area contributed by atoms with Crippen LogP contribution in [-0.4, -0.2) is 65.4 Å². The molecule has 0 radical (unpaired) electrons. The Kier molecular flexibility index (Phi) is 8.22. The summed E-state index contributed by atoms with van der Waals surface area (Å²) in [6.45, 7) is 5.78. The summed E-state index contributed by atoms with van der Waals surface area (Å²) in [4.78, 5) is 9.00. The van der Waals surface area contributed by atoms with Gasteiger partial charge in [0.2, 0.25) is 0 Å². The molecule has 0 spiro atoms. The first-order valence-electron chi connectivity index (χ1n) is 11.1. The summed E-state index contributed by atoms with van der Waals surface area (Å²) in [5.74, 6) is 2.49. The van der Waals surface area contributed by atoms with Gasteiger partial charge in [-0.15, -0.1) is 0 Å². The molecule has 1 atom stereocenters. The number of benzene rings is 2. The summed E-state index contributed by atoms with van der Waals surface area (Å²) in [5, 5.41) is 7.06. The number of rotatable bonds is 8. The van der Waals surface area contributed by atoms with Crippen molar-refractivity contribution in [2.45, 2.75) is 32.5 Å². The summed E-state index contributed by atoms with van der Waals surface area (Å²) in [5.41, 5.74) is 4.97. The molecule has 1 heterocycles. The van der Waals surface area contributed by atoms with Crippen LogP contribution >= 0.6 is 0 Å². The number of anilines is 1. The minimum absolute atomic E-state index is 0.367. The van der Waals surface area contributed by atoms with Crippen LogP contribution in [-0.2, 0) is 13.1 Å². The van der Waals surface area contributed by atoms with Crippen LogP contribution in [0.1, 0.15) is 23.1 Å². The molecule has 2 aromatic carbocycles. The van der Waals surface area contributed by atoms with Gasteiger partial charge < -0.3 is 25.0 Å². The van der Waals surface area contributed by atoms with Gasteiger partial charge in [-0.1, -0.05) is 6.07 Å². The third-order valence-electron chi connectivity index (χ3n) is 5.94. The van der Waals surface area contributed by atoms with Crippen LogP contribution in [0.25, 0.3) is 0 Å². The Bertz CT molecular complexity index is 906. The molecule has 3 rings (SSSR count). The van der Waals surface area contributed by atoms with Gasteiger partial charge in [-0.05, 0) is 54.3 Å². The second kappa shape index (κ2) is 11.1. The van der Waals surface area contributed by atoms with Gasteiger partial charge in [-0.25, -0.2) is 0 Å². The smallest absolute Gasteiger partial charge is 0.191 e. The lowest BCUT2D eigenvalue weighted by Gasteiger charge is -2.20. The van der Waals surface area contributed by atoms with Crippen LogP contribution in [0.3, 0.4) is 0 Å². The lowest BCUT2D eigenvalue weighted by molar-refractivity contribution is 0.321. The number of guanidine groups is 1. The zero-order chi connectivity index (χ0) is 23.1. The van der Waals surface area contributed by atoms with Crippen molar-refractivity contribution in [1.82, 2.24) is 15.5 Å². The summed E-state index contributed by atoms with van der Waals surface area (Å²) in [6.07, 6.45) is 1.08. The summed E-state index contributed by atoms with van der Waals surface area (Å²) in [7, 11) is 9.32. The van der Waals surface area contributed by atoms with Crippen molar-refractivity contribution in [3.8, 4) is 11.5 Å². The maximum absolute atomic E-state index is 5.40. The van der Waals surface area contributed by atoms with Crippen LogP contribution in [0.5, 0.6) is 11.5 Å². The molecule has 174 valence electrons. The number of methoxy groups -OCH3 is 2. The molecule has 1 aliphatic heterocycles. The van der Waals surface area contributed by atoms with Gasteiger partial charge in [0.15, 0.2) is 5.96 Å². The second-order valence-corrected chi connectivity index (χ2v) is 8.52. The normalized spacial score (nSPS) is 16.7. The van der Waals surface area contributed by atoms with Crippen molar-refractivity contribution in [3.05, 3.63) is 53.1 Å². The Balaban J connectivity index is 1.52. The highest BCUT2D eigenvalue weighted by atomic mass is 16.5. The fourth-order valence-electron chi connectivity index (χ4n) is 4.03. The van der Waals surface area contributed by atoms with Gasteiger partial charge in [0.1, 0.15) is 11.5 Å². The van der Waals surface area contributed by atoms with E-state index < -0.39 is 0 Å². The summed E-state index contributed by atoms with van der Waals surface area (Å²) >= 11 is 0. The molecule has 0 aromatic heterocycles. The number of hydrogen-bond acceptors (Lipinski definition) is 5. The molecule has 0 saturated carbocycles. The fraction of sp³-hybridized carbons (Fsp3) is 0.480. The molecule has 1 fully saturated rings. The first kappa shape index (κ1) is 23.7. The van der Waals surface area contributed by atoms with Gasteiger partial charge in [-0.3, -0.25) is 9.89 Å². The van der Waals surface area contributed by atoms with Crippen molar-refractivity contribution in [2.24, 2.45) is 4.99 Å². The number of hydrogen-bond donors (Lipinski definition) is 2. The Morgan fingerprint density at radius 2 is 1.84 bits per heavy atom. The number of nitrogens with one attached hydrogen (secondary N) is 2. The minimum atomic E-state index is 0.367. The van der Waals surface area contributed by atoms with E-state index in [-0.39, 0.29) is 0 Å². The average Bonchev–Trinajstić information content (AvgIpc) is 3.23. The zero-order valence-electron chi connectivity index (χ0n) is 20.2. The first-order valence-corrected chi connectivity index (χ1v) is 11.1. The number of nitrogens with zero attached hydrogens (tertiary/aromatic N) is 3. The highest BCUT2D eigenvalue weighted by Crippen LogP contribution is 2.24. The van der Waals surface area contributed by atoms with Crippen molar-refractivity contribution < 1.29 is 9.47 Å². The highest BCUT2D eigenvalue weighted by molar-refractivity contribution is 5.80. The lowest BCUT2D eigenvalue weighted by Crippen LogP contribution is -2.44. The van der Waals surface area contributed by atoms with E-state index in [0.29, 0.717) is 6.04 Å². The Labute approximate surface area is 192 Å². The van der Waals surface area contributed by atoms with Crippen LogP contribution in [0.2, 0.25) is 0 Å². The molecular formula is C25H37N5O2. The van der Waals surface area contributed by atoms with E-state index in [1.54, 1.807) is 14.2 Å². The van der Waals surface area contributed by atoms with E-state index in [1.807, 2.05) is 13.1 Å². The van der Waals surface area contributed by atoms with Crippen LogP contribution in [0.15, 0.2) is 41.4 Å². The van der Waals surface area contributed by atoms with Gasteiger partial charge in [-0.2, -0.15) is 0 Å². The molecular weight excluding hydrogens is 402 g/mol. The number of aliphatic imine (C=N–C) groups is 1. The van der Waals surface area contributed by atoms with E-state index >= 15 is 0 Å². The van der Waals surface area contributed by atoms with E-state index in [9.17, 15) is 0 Å². The SMILES string of the molecule is CN=C(NCc1ccc(N(C)C)cc1C)NC1CCN(Cc2cc(OC)cc(OC)c2)C1. The molecule has 0 amide bonds. The zero-order valence-corrected chi connectivity index (χ0v) is 20.2. The fourth-order valence-corrected chi connectivity index (χ4v) is 4.03. The second-order valence-electron chi connectivity index (χ2n) is 8.52. The van der Waals surface area contributed by atoms with Gasteiger partial charge >= 0.3 is 0 Å². The molecule has 2 N–H and O–H groups in total. The highest BCUT2D eigenvalue weighted by Gasteiger charge is 2.23. The van der Waals surface area contributed by atoms with E-state index in [0.717, 1.165) is 50.1 Å². The molecule has 1 saturated heterocycles. The largest absolute Gasteiger partial charge is 0.497 e. The maximum atomic E-state index is 5.40. The molecule has 32 heavy (non-hydrogen) atoms. The molecule has 2 aromatic rings. The third-order valence-corrected chi connectivity index (χ3v) is 5.94. The van der Waals surface area contributed by atoms with Gasteiger partial charge in [0.05, 0.1) is 14.2 Å². The third kappa shape index (κ3) is 6.29. The number of aryl methyl sites for hydroxylation is 1. The van der Waals surface area contributed by atoms with Crippen LogP contribution < -0.4 is 25.0 Å². The van der Waals surface area contributed by atoms with Crippen molar-refractivity contribution >= 4 is 11.6 Å². The Morgan fingerprint density at radius 1 is 1.12 bits per heavy atom. The van der Waals surface area contributed by atoms with Crippen LogP contribution in [0.4, 0.5) is 5.69 Å². The number of likely N-dealkylation sites (tertiary alicyclic amines) is 1. The molecule has 0 bridgehead atoms. The predicted molar refractivity (Wildman–Crippen MR) is 132 cm³/mol. The van der Waals surface area contributed by atoms with E-state index in [1.165, 1.54) is 22.4 Å². The van der Waals surface area contributed by atoms with Crippen molar-refractivity contribution in [1.29, 1.82) is 0 Å². The van der Waals surface area contributed by atoms with Crippen LogP contribution in [0, 0.1) is 6.92 Å². The van der Waals surface area contributed by atoms with E-state index in [2.05, 4.69) is 76.8 Å². The summed E-state index contributed by atoms with van der Waals surface area (Å²) < 4.78 is 10.8. The molecule has 7 heteroatoms. The molecule has 1 unspecified atom stereocenters. The molecule has 1 aliphatic rings. The lowest BCUT2D eigenvalue weighted by atomic mass is 10.1. The quantitative estimate of drug-likeness (QED) is 0.487. The molecule has 7 nitrogen and oxygen atoms in total. The minimum Gasteiger partial charge on any atom is -0.497 e. The van der Waals surface area contributed by atoms with Gasteiger partial charge in [0, 0.05) is 65.1 Å².